The monoisotopic (exact) mass is 332 g/mol. The van der Waals surface area contributed by atoms with Crippen molar-refractivity contribution in [2.45, 2.75) is 45.4 Å². The van der Waals surface area contributed by atoms with Gasteiger partial charge in [-0.15, -0.1) is 0 Å². The number of hydrogen-bond acceptors (Lipinski definition) is 7. The lowest BCUT2D eigenvalue weighted by molar-refractivity contribution is -0.147. The summed E-state index contributed by atoms with van der Waals surface area (Å²) in [4.78, 5) is 56.3. The number of carboxylic acid groups (broad SMARTS) is 1. The molecular weight excluding hydrogens is 312 g/mol. The van der Waals surface area contributed by atoms with Crippen molar-refractivity contribution in [2.75, 3.05) is 6.61 Å². The number of esters is 1. The van der Waals surface area contributed by atoms with E-state index in [0.717, 1.165) is 13.8 Å². The Morgan fingerprint density at radius 1 is 1.09 bits per heavy atom. The predicted molar refractivity (Wildman–Crippen MR) is 75.1 cm³/mol. The van der Waals surface area contributed by atoms with Gasteiger partial charge in [-0.05, 0) is 6.92 Å². The molecule has 0 saturated carbocycles. The summed E-state index contributed by atoms with van der Waals surface area (Å²) in [6.07, 6.45) is -2.01. The zero-order chi connectivity index (χ0) is 18.2. The van der Waals surface area contributed by atoms with Crippen LogP contribution < -0.4 is 10.6 Å². The summed E-state index contributed by atoms with van der Waals surface area (Å²) < 4.78 is 4.47. The maximum atomic E-state index is 12.0. The molecule has 10 heteroatoms. The van der Waals surface area contributed by atoms with Gasteiger partial charge in [-0.1, -0.05) is 0 Å². The molecule has 0 rings (SSSR count). The fourth-order valence-electron chi connectivity index (χ4n) is 1.58. The van der Waals surface area contributed by atoms with Crippen LogP contribution in [0.2, 0.25) is 0 Å². The molecule has 3 atom stereocenters. The smallest absolute Gasteiger partial charge is 0.305 e. The first kappa shape index (κ1) is 20.5. The van der Waals surface area contributed by atoms with E-state index in [1.807, 2.05) is 0 Å². The van der Waals surface area contributed by atoms with Gasteiger partial charge in [0, 0.05) is 13.8 Å². The summed E-state index contributed by atoms with van der Waals surface area (Å²) >= 11 is 0. The number of ether oxygens (including phenoxy) is 1. The molecule has 0 aliphatic rings. The number of ketones is 1. The van der Waals surface area contributed by atoms with Gasteiger partial charge in [-0.3, -0.25) is 24.0 Å². The molecular formula is C13H20N2O8. The molecule has 0 aliphatic carbocycles. The first-order chi connectivity index (χ1) is 10.5. The molecule has 0 aromatic rings. The zero-order valence-corrected chi connectivity index (χ0v) is 13.0. The van der Waals surface area contributed by atoms with Crippen LogP contribution >= 0.6 is 0 Å². The second-order valence-corrected chi connectivity index (χ2v) is 4.82. The third kappa shape index (κ3) is 8.51. The van der Waals surface area contributed by atoms with Crippen LogP contribution in [0.15, 0.2) is 0 Å². The third-order valence-corrected chi connectivity index (χ3v) is 2.63. The second-order valence-electron chi connectivity index (χ2n) is 4.82. The van der Waals surface area contributed by atoms with Crippen molar-refractivity contribution in [1.29, 1.82) is 0 Å². The van der Waals surface area contributed by atoms with E-state index >= 15 is 0 Å². The molecule has 0 radical (unpaired) electrons. The van der Waals surface area contributed by atoms with E-state index in [4.69, 9.17) is 5.11 Å². The topological polar surface area (TPSA) is 159 Å². The Hall–Kier alpha value is -2.49. The Morgan fingerprint density at radius 2 is 1.65 bits per heavy atom. The fourth-order valence-corrected chi connectivity index (χ4v) is 1.58. The minimum atomic E-state index is -1.46. The molecule has 3 unspecified atom stereocenters. The molecule has 0 aliphatic heterocycles. The average molecular weight is 332 g/mol. The second kappa shape index (κ2) is 9.51. The minimum Gasteiger partial charge on any atom is -0.481 e. The van der Waals surface area contributed by atoms with Crippen molar-refractivity contribution in [3.63, 3.8) is 0 Å². The summed E-state index contributed by atoms with van der Waals surface area (Å²) in [6.45, 7) is 2.74. The number of rotatable bonds is 9. The zero-order valence-electron chi connectivity index (χ0n) is 13.0. The molecule has 4 N–H and O–H groups in total. The predicted octanol–water partition coefficient (Wildman–Crippen LogP) is -2.04. The van der Waals surface area contributed by atoms with Crippen LogP contribution in [0.1, 0.15) is 27.2 Å². The quantitative estimate of drug-likeness (QED) is 0.351. The van der Waals surface area contributed by atoms with E-state index in [2.05, 4.69) is 15.4 Å². The molecule has 23 heavy (non-hydrogen) atoms. The molecule has 0 aromatic heterocycles. The minimum absolute atomic E-state index is 0.591. The highest BCUT2D eigenvalue weighted by Crippen LogP contribution is 2.00. The number of aliphatic hydroxyl groups is 1. The van der Waals surface area contributed by atoms with Gasteiger partial charge in [0.15, 0.2) is 12.4 Å². The summed E-state index contributed by atoms with van der Waals surface area (Å²) in [6, 6.07) is -2.82. The highest BCUT2D eigenvalue weighted by molar-refractivity contribution is 5.95. The molecule has 0 spiro atoms. The number of nitrogens with one attached hydrogen (secondary N) is 2. The number of carboxylic acids is 1. The first-order valence-electron chi connectivity index (χ1n) is 6.68. The molecule has 130 valence electrons. The van der Waals surface area contributed by atoms with Gasteiger partial charge in [0.2, 0.25) is 11.8 Å². The number of aliphatic carboxylic acids is 1. The fraction of sp³-hybridized carbons (Fsp3) is 0.615. The summed E-state index contributed by atoms with van der Waals surface area (Å²) in [5, 5.41) is 22.6. The normalized spacial score (nSPS) is 14.1. The van der Waals surface area contributed by atoms with Crippen molar-refractivity contribution < 1.29 is 38.9 Å². The largest absolute Gasteiger partial charge is 0.481 e. The molecule has 2 amide bonds. The molecule has 0 bridgehead atoms. The van der Waals surface area contributed by atoms with Crippen molar-refractivity contribution in [3.05, 3.63) is 0 Å². The Kier molecular flexibility index (Phi) is 8.48. The summed E-state index contributed by atoms with van der Waals surface area (Å²) in [5.74, 6) is -4.45. The lowest BCUT2D eigenvalue weighted by atomic mass is 10.1. The van der Waals surface area contributed by atoms with E-state index < -0.39 is 60.8 Å². The number of amides is 2. The Balaban J connectivity index is 5.01. The number of Topliss-reactive ketones (excluding diaryl/α,β-unsaturated/α-hetero) is 1. The van der Waals surface area contributed by atoms with Crippen molar-refractivity contribution >= 4 is 29.5 Å². The summed E-state index contributed by atoms with van der Waals surface area (Å²) in [7, 11) is 0. The average Bonchev–Trinajstić information content (AvgIpc) is 2.40. The van der Waals surface area contributed by atoms with E-state index in [0.29, 0.717) is 0 Å². The van der Waals surface area contributed by atoms with Crippen LogP contribution in [0.25, 0.3) is 0 Å². The van der Waals surface area contributed by atoms with Crippen molar-refractivity contribution in [3.8, 4) is 0 Å². The lowest BCUT2D eigenvalue weighted by Gasteiger charge is -2.23. The van der Waals surface area contributed by atoms with E-state index in [1.165, 1.54) is 6.92 Å². The summed E-state index contributed by atoms with van der Waals surface area (Å²) in [5.41, 5.74) is 0. The van der Waals surface area contributed by atoms with Gasteiger partial charge in [-0.2, -0.15) is 0 Å². The van der Waals surface area contributed by atoms with Gasteiger partial charge < -0.3 is 25.6 Å². The molecule has 0 fully saturated rings. The number of hydrogen-bond donors (Lipinski definition) is 4. The van der Waals surface area contributed by atoms with Crippen LogP contribution in [0.5, 0.6) is 0 Å². The highest BCUT2D eigenvalue weighted by atomic mass is 16.5. The number of aliphatic hydroxyl groups excluding tert-OH is 1. The van der Waals surface area contributed by atoms with Gasteiger partial charge in [0.05, 0.1) is 12.5 Å². The maximum absolute atomic E-state index is 12.0. The Labute approximate surface area is 132 Å². The van der Waals surface area contributed by atoms with Crippen LogP contribution in [0.4, 0.5) is 0 Å². The van der Waals surface area contributed by atoms with Gasteiger partial charge >= 0.3 is 11.9 Å². The Bertz CT molecular complexity index is 488. The van der Waals surface area contributed by atoms with E-state index in [9.17, 15) is 29.1 Å². The Morgan fingerprint density at radius 3 is 2.04 bits per heavy atom. The molecule has 10 nitrogen and oxygen atoms in total. The van der Waals surface area contributed by atoms with Gasteiger partial charge in [0.1, 0.15) is 12.1 Å². The van der Waals surface area contributed by atoms with Crippen molar-refractivity contribution in [1.82, 2.24) is 10.6 Å². The van der Waals surface area contributed by atoms with Crippen LogP contribution in [-0.4, -0.2) is 64.5 Å². The van der Waals surface area contributed by atoms with Crippen LogP contribution in [-0.2, 0) is 28.7 Å². The number of carbonyl (C=O) groups is 5. The van der Waals surface area contributed by atoms with E-state index in [1.54, 1.807) is 0 Å². The van der Waals surface area contributed by atoms with Crippen LogP contribution in [0.3, 0.4) is 0 Å². The van der Waals surface area contributed by atoms with Gasteiger partial charge in [-0.25, -0.2) is 0 Å². The first-order valence-corrected chi connectivity index (χ1v) is 6.68. The molecule has 0 aromatic carbocycles. The molecule has 0 saturated heterocycles. The van der Waals surface area contributed by atoms with E-state index in [-0.39, 0.29) is 0 Å². The third-order valence-electron chi connectivity index (χ3n) is 2.63. The number of carbonyl (C=O) groups excluding carboxylic acids is 4. The maximum Gasteiger partial charge on any atom is 0.305 e. The van der Waals surface area contributed by atoms with Gasteiger partial charge in [0.25, 0.3) is 0 Å². The SMILES string of the molecule is CC(=O)NC(C(=O)NC(CC(=O)O)C(=O)COC(C)=O)C(C)O. The highest BCUT2D eigenvalue weighted by Gasteiger charge is 2.30. The standard InChI is InChI=1S/C13H20N2O8/c1-6(16)12(14-7(2)17)13(22)15-9(4-11(20)21)10(19)5-23-8(3)18/h6,9,12,16H,4-5H2,1-3H3,(H,14,17)(H,15,22)(H,20,21). The lowest BCUT2D eigenvalue weighted by Crippen LogP contribution is -2.56. The molecule has 0 heterocycles. The van der Waals surface area contributed by atoms with Crippen LogP contribution in [0, 0.1) is 0 Å². The van der Waals surface area contributed by atoms with Crippen molar-refractivity contribution in [2.24, 2.45) is 0 Å².